The highest BCUT2D eigenvalue weighted by Gasteiger charge is 2.40. The van der Waals surface area contributed by atoms with Gasteiger partial charge in [0.05, 0.1) is 23.4 Å². The van der Waals surface area contributed by atoms with Crippen LogP contribution in [0.4, 0.5) is 17.6 Å². The summed E-state index contributed by atoms with van der Waals surface area (Å²) in [6.45, 7) is 5.18. The number of fused-ring (bicyclic) bond motifs is 1. The summed E-state index contributed by atoms with van der Waals surface area (Å²) in [5.74, 6) is -1.99. The molecule has 0 aliphatic rings. The second-order valence-electron chi connectivity index (χ2n) is 8.41. The first-order valence-electron chi connectivity index (χ1n) is 10.9. The van der Waals surface area contributed by atoms with Crippen LogP contribution < -0.4 is 10.1 Å². The van der Waals surface area contributed by atoms with Crippen molar-refractivity contribution in [2.75, 3.05) is 0 Å². The first-order valence-corrected chi connectivity index (χ1v) is 10.9. The lowest BCUT2D eigenvalue weighted by atomic mass is 9.96. The van der Waals surface area contributed by atoms with Gasteiger partial charge < -0.3 is 10.1 Å². The Morgan fingerprint density at radius 1 is 1.03 bits per heavy atom. The summed E-state index contributed by atoms with van der Waals surface area (Å²) in [6, 6.07) is 15.7. The van der Waals surface area contributed by atoms with Crippen LogP contribution in [0.2, 0.25) is 0 Å². The third-order valence-corrected chi connectivity index (χ3v) is 5.69. The second-order valence-corrected chi connectivity index (χ2v) is 8.41. The number of hydrogen-bond acceptors (Lipinski definition) is 3. The van der Waals surface area contributed by atoms with Gasteiger partial charge in [-0.15, -0.1) is 0 Å². The molecular weight excluding hydrogens is 462 g/mol. The summed E-state index contributed by atoms with van der Waals surface area (Å²) in [5.41, 5.74) is 3.81. The fourth-order valence-electron chi connectivity index (χ4n) is 3.88. The molecule has 4 rings (SSSR count). The Morgan fingerprint density at radius 3 is 2.43 bits per heavy atom. The number of aryl methyl sites for hydroxylation is 2. The minimum atomic E-state index is -5.01. The molecule has 0 fully saturated rings. The second kappa shape index (κ2) is 9.40. The van der Waals surface area contributed by atoms with Gasteiger partial charge in [-0.05, 0) is 74.4 Å². The summed E-state index contributed by atoms with van der Waals surface area (Å²) < 4.78 is 59.8. The zero-order chi connectivity index (χ0) is 25.3. The Kier molecular flexibility index (Phi) is 6.51. The number of amides is 1. The standard InChI is InChI=1S/C26H23F4N3O2/c1-15-4-5-16(2)22(12-15)24(17(3)32-25(34)26(28,29)30)35-21-10-11-23-18(13-21)14-31-33(23)20-8-6-19(27)7-9-20/h4-14,17,24H,1-3H3,(H,32,34). The van der Waals surface area contributed by atoms with Crippen LogP contribution in [0.15, 0.2) is 66.9 Å². The normalized spacial score (nSPS) is 13.5. The van der Waals surface area contributed by atoms with Gasteiger partial charge in [-0.3, -0.25) is 4.79 Å². The van der Waals surface area contributed by atoms with Crippen molar-refractivity contribution in [2.45, 2.75) is 39.1 Å². The molecule has 0 aliphatic carbocycles. The SMILES string of the molecule is Cc1ccc(C)c(C(Oc2ccc3c(cnn3-c3ccc(F)cc3)c2)C(C)NC(=O)C(F)(F)F)c1. The van der Waals surface area contributed by atoms with Crippen molar-refractivity contribution >= 4 is 16.8 Å². The van der Waals surface area contributed by atoms with Crippen molar-refractivity contribution in [3.05, 3.63) is 89.4 Å². The van der Waals surface area contributed by atoms with E-state index in [1.807, 2.05) is 37.4 Å². The summed E-state index contributed by atoms with van der Waals surface area (Å²) in [7, 11) is 0. The Hall–Kier alpha value is -3.88. The number of halogens is 4. The topological polar surface area (TPSA) is 56.1 Å². The zero-order valence-corrected chi connectivity index (χ0v) is 19.2. The van der Waals surface area contributed by atoms with Gasteiger partial charge in [-0.2, -0.15) is 18.3 Å². The van der Waals surface area contributed by atoms with Crippen LogP contribution in [-0.2, 0) is 4.79 Å². The number of benzene rings is 3. The third kappa shape index (κ3) is 5.29. The molecule has 1 N–H and O–H groups in total. The van der Waals surface area contributed by atoms with Gasteiger partial charge in [0.2, 0.25) is 0 Å². The molecule has 2 atom stereocenters. The highest BCUT2D eigenvalue weighted by Crippen LogP contribution is 2.31. The van der Waals surface area contributed by atoms with Gasteiger partial charge in [0.25, 0.3) is 0 Å². The van der Waals surface area contributed by atoms with E-state index in [1.165, 1.54) is 19.1 Å². The fraction of sp³-hybridized carbons (Fsp3) is 0.231. The highest BCUT2D eigenvalue weighted by molar-refractivity contribution is 5.82. The maximum absolute atomic E-state index is 13.3. The van der Waals surface area contributed by atoms with Crippen molar-refractivity contribution in [1.29, 1.82) is 0 Å². The molecule has 182 valence electrons. The van der Waals surface area contributed by atoms with Crippen molar-refractivity contribution in [2.24, 2.45) is 0 Å². The van der Waals surface area contributed by atoms with E-state index >= 15 is 0 Å². The Morgan fingerprint density at radius 2 is 1.74 bits per heavy atom. The lowest BCUT2D eigenvalue weighted by molar-refractivity contribution is -0.174. The van der Waals surface area contributed by atoms with E-state index in [0.717, 1.165) is 22.0 Å². The summed E-state index contributed by atoms with van der Waals surface area (Å²) in [6.07, 6.45) is -4.27. The maximum Gasteiger partial charge on any atom is 0.471 e. The van der Waals surface area contributed by atoms with E-state index < -0.39 is 24.2 Å². The first kappa shape index (κ1) is 24.3. The van der Waals surface area contributed by atoms with Crippen LogP contribution in [0.3, 0.4) is 0 Å². The zero-order valence-electron chi connectivity index (χ0n) is 19.2. The average Bonchev–Trinajstić information content (AvgIpc) is 3.22. The van der Waals surface area contributed by atoms with E-state index in [2.05, 4.69) is 5.10 Å². The summed E-state index contributed by atoms with van der Waals surface area (Å²) in [4.78, 5) is 11.6. The highest BCUT2D eigenvalue weighted by atomic mass is 19.4. The van der Waals surface area contributed by atoms with Gasteiger partial charge in [-0.25, -0.2) is 9.07 Å². The summed E-state index contributed by atoms with van der Waals surface area (Å²) >= 11 is 0. The molecule has 1 heterocycles. The Balaban J connectivity index is 1.68. The van der Waals surface area contributed by atoms with Crippen LogP contribution in [0, 0.1) is 19.7 Å². The molecule has 2 unspecified atom stereocenters. The summed E-state index contributed by atoms with van der Waals surface area (Å²) in [5, 5.41) is 7.10. The van der Waals surface area contributed by atoms with Gasteiger partial charge in [0, 0.05) is 5.39 Å². The van der Waals surface area contributed by atoms with Crippen LogP contribution in [0.5, 0.6) is 5.75 Å². The monoisotopic (exact) mass is 485 g/mol. The lowest BCUT2D eigenvalue weighted by Gasteiger charge is -2.28. The number of nitrogens with one attached hydrogen (secondary N) is 1. The van der Waals surface area contributed by atoms with E-state index in [4.69, 9.17) is 4.74 Å². The predicted octanol–water partition coefficient (Wildman–Crippen LogP) is 5.97. The van der Waals surface area contributed by atoms with Crippen molar-refractivity contribution in [3.63, 3.8) is 0 Å². The van der Waals surface area contributed by atoms with E-state index in [0.29, 0.717) is 17.0 Å². The largest absolute Gasteiger partial charge is 0.484 e. The first-order chi connectivity index (χ1) is 16.5. The molecule has 1 aromatic heterocycles. The van der Waals surface area contributed by atoms with Crippen LogP contribution in [-0.4, -0.2) is 27.9 Å². The molecule has 3 aromatic carbocycles. The quantitative estimate of drug-likeness (QED) is 0.343. The molecule has 0 aliphatic heterocycles. The molecule has 0 spiro atoms. The number of carbonyl (C=O) groups is 1. The molecule has 0 radical (unpaired) electrons. The smallest absolute Gasteiger partial charge is 0.471 e. The van der Waals surface area contributed by atoms with Crippen molar-refractivity contribution in [1.82, 2.24) is 15.1 Å². The maximum atomic E-state index is 13.3. The molecular formula is C26H23F4N3O2. The third-order valence-electron chi connectivity index (χ3n) is 5.69. The molecule has 0 saturated carbocycles. The van der Waals surface area contributed by atoms with Gasteiger partial charge >= 0.3 is 12.1 Å². The Bertz CT molecular complexity index is 1360. The number of nitrogens with zero attached hydrogens (tertiary/aromatic N) is 2. The number of carbonyl (C=O) groups excluding carboxylic acids is 1. The predicted molar refractivity (Wildman–Crippen MR) is 124 cm³/mol. The molecule has 4 aromatic rings. The molecule has 0 saturated heterocycles. The van der Waals surface area contributed by atoms with E-state index in [9.17, 15) is 22.4 Å². The lowest BCUT2D eigenvalue weighted by Crippen LogP contribution is -2.45. The minimum absolute atomic E-state index is 0.356. The number of aromatic nitrogens is 2. The number of hydrogen-bond donors (Lipinski definition) is 1. The molecule has 9 heteroatoms. The fourth-order valence-corrected chi connectivity index (χ4v) is 3.88. The van der Waals surface area contributed by atoms with Crippen molar-refractivity contribution < 1.29 is 27.1 Å². The van der Waals surface area contributed by atoms with E-state index in [-0.39, 0.29) is 5.82 Å². The average molecular weight is 485 g/mol. The Labute approximate surface area is 199 Å². The molecule has 35 heavy (non-hydrogen) atoms. The molecule has 5 nitrogen and oxygen atoms in total. The number of alkyl halides is 3. The number of rotatable bonds is 6. The van der Waals surface area contributed by atoms with Gasteiger partial charge in [0.15, 0.2) is 0 Å². The molecule has 1 amide bonds. The van der Waals surface area contributed by atoms with Crippen LogP contribution in [0.25, 0.3) is 16.6 Å². The van der Waals surface area contributed by atoms with Crippen LogP contribution in [0.1, 0.15) is 29.7 Å². The van der Waals surface area contributed by atoms with E-state index in [1.54, 1.807) is 41.2 Å². The van der Waals surface area contributed by atoms with Crippen LogP contribution >= 0.6 is 0 Å². The van der Waals surface area contributed by atoms with Gasteiger partial charge in [0.1, 0.15) is 17.7 Å². The van der Waals surface area contributed by atoms with Gasteiger partial charge in [-0.1, -0.05) is 23.8 Å². The molecule has 0 bridgehead atoms. The van der Waals surface area contributed by atoms with Crippen molar-refractivity contribution in [3.8, 4) is 11.4 Å². The number of ether oxygens (including phenoxy) is 1. The minimum Gasteiger partial charge on any atom is -0.484 e.